The van der Waals surface area contributed by atoms with E-state index in [2.05, 4.69) is 38.4 Å². The average molecular weight is 339 g/mol. The van der Waals surface area contributed by atoms with E-state index in [1.165, 1.54) is 5.56 Å². The molecule has 1 aromatic carbocycles. The Bertz CT molecular complexity index is 895. The number of thiophene rings is 1. The van der Waals surface area contributed by atoms with Gasteiger partial charge in [0.1, 0.15) is 30.2 Å². The van der Waals surface area contributed by atoms with E-state index in [1.807, 2.05) is 6.07 Å². The molecule has 2 aromatic heterocycles. The van der Waals surface area contributed by atoms with E-state index in [4.69, 9.17) is 9.47 Å². The van der Waals surface area contributed by atoms with E-state index in [-0.39, 0.29) is 0 Å². The molecular weight excluding hydrogens is 322 g/mol. The Morgan fingerprint density at radius 3 is 2.96 bits per heavy atom. The van der Waals surface area contributed by atoms with Gasteiger partial charge in [0.05, 0.1) is 11.4 Å². The predicted octanol–water partition coefficient (Wildman–Crippen LogP) is 3.80. The summed E-state index contributed by atoms with van der Waals surface area (Å²) in [6, 6.07) is 8.75. The number of hydrogen-bond donors (Lipinski definition) is 0. The fourth-order valence-electron chi connectivity index (χ4n) is 3.64. The van der Waals surface area contributed by atoms with E-state index in [0.717, 1.165) is 46.9 Å². The van der Waals surface area contributed by atoms with E-state index in [0.29, 0.717) is 19.3 Å². The Morgan fingerprint density at radius 2 is 2.00 bits per heavy atom. The van der Waals surface area contributed by atoms with Crippen molar-refractivity contribution < 1.29 is 9.47 Å². The molecule has 0 radical (unpaired) electrons. The maximum atomic E-state index is 5.75. The molecule has 0 amide bonds. The van der Waals surface area contributed by atoms with Crippen LogP contribution in [0.2, 0.25) is 0 Å². The first-order valence-electron chi connectivity index (χ1n) is 8.24. The molecule has 24 heavy (non-hydrogen) atoms. The minimum Gasteiger partial charge on any atom is -0.486 e. The van der Waals surface area contributed by atoms with Crippen molar-refractivity contribution in [3.63, 3.8) is 0 Å². The molecule has 2 aliphatic rings. The molecule has 5 nitrogen and oxygen atoms in total. The van der Waals surface area contributed by atoms with E-state index in [1.54, 1.807) is 17.7 Å². The third-order valence-electron chi connectivity index (χ3n) is 4.72. The van der Waals surface area contributed by atoms with Crippen LogP contribution in [0.15, 0.2) is 36.0 Å². The molecule has 0 N–H and O–H groups in total. The summed E-state index contributed by atoms with van der Waals surface area (Å²) in [7, 11) is 0. The molecule has 5 rings (SSSR count). The fraction of sp³-hybridized carbons (Fsp3) is 0.333. The largest absolute Gasteiger partial charge is 0.486 e. The summed E-state index contributed by atoms with van der Waals surface area (Å²) < 4.78 is 11.4. The van der Waals surface area contributed by atoms with Gasteiger partial charge in [0.25, 0.3) is 0 Å². The van der Waals surface area contributed by atoms with Crippen molar-refractivity contribution in [1.29, 1.82) is 0 Å². The van der Waals surface area contributed by atoms with Crippen molar-refractivity contribution in [1.82, 2.24) is 9.97 Å². The van der Waals surface area contributed by atoms with Crippen molar-refractivity contribution in [2.24, 2.45) is 0 Å². The van der Waals surface area contributed by atoms with Crippen molar-refractivity contribution >= 4 is 27.4 Å². The second kappa shape index (κ2) is 5.63. The summed E-state index contributed by atoms with van der Waals surface area (Å²) in [4.78, 5) is 12.4. The lowest BCUT2D eigenvalue weighted by Crippen LogP contribution is -2.24. The Hall–Kier alpha value is -2.34. The minimum atomic E-state index is 0.318. The normalized spacial score (nSPS) is 19.8. The van der Waals surface area contributed by atoms with Crippen LogP contribution in [0.1, 0.15) is 24.4 Å². The number of hydrogen-bond acceptors (Lipinski definition) is 6. The fourth-order valence-corrected chi connectivity index (χ4v) is 4.37. The molecule has 1 fully saturated rings. The Labute approximate surface area is 143 Å². The van der Waals surface area contributed by atoms with Gasteiger partial charge in [-0.05, 0) is 42.0 Å². The number of fused-ring (bicyclic) bond motifs is 2. The zero-order valence-corrected chi connectivity index (χ0v) is 14.0. The van der Waals surface area contributed by atoms with Crippen LogP contribution >= 0.6 is 11.3 Å². The second-order valence-electron chi connectivity index (χ2n) is 6.09. The van der Waals surface area contributed by atoms with Gasteiger partial charge in [-0.25, -0.2) is 9.97 Å². The second-order valence-corrected chi connectivity index (χ2v) is 6.99. The van der Waals surface area contributed by atoms with Crippen molar-refractivity contribution in [3.8, 4) is 11.5 Å². The molecule has 1 saturated heterocycles. The highest BCUT2D eigenvalue weighted by molar-refractivity contribution is 7.16. The predicted molar refractivity (Wildman–Crippen MR) is 94.2 cm³/mol. The summed E-state index contributed by atoms with van der Waals surface area (Å²) in [5, 5.41) is 3.23. The van der Waals surface area contributed by atoms with Crippen LogP contribution in [0, 0.1) is 0 Å². The number of nitrogens with zero attached hydrogens (tertiary/aromatic N) is 3. The highest BCUT2D eigenvalue weighted by Gasteiger charge is 2.29. The SMILES string of the molecule is c1nc(N2CCC[C@H]2c2ccc3c(c2)OCCO3)c2ccsc2n1. The first-order chi connectivity index (χ1) is 11.9. The summed E-state index contributed by atoms with van der Waals surface area (Å²) in [5.74, 6) is 2.74. The lowest BCUT2D eigenvalue weighted by atomic mass is 10.0. The van der Waals surface area contributed by atoms with E-state index in [9.17, 15) is 0 Å². The van der Waals surface area contributed by atoms with Gasteiger partial charge in [0.2, 0.25) is 0 Å². The number of rotatable bonds is 2. The number of anilines is 1. The molecule has 4 heterocycles. The molecule has 1 atom stereocenters. The Morgan fingerprint density at radius 1 is 1.08 bits per heavy atom. The maximum Gasteiger partial charge on any atom is 0.161 e. The van der Waals surface area contributed by atoms with Crippen LogP contribution in [0.4, 0.5) is 5.82 Å². The highest BCUT2D eigenvalue weighted by Crippen LogP contribution is 2.41. The third-order valence-corrected chi connectivity index (χ3v) is 5.54. The molecule has 0 bridgehead atoms. The van der Waals surface area contributed by atoms with Gasteiger partial charge in [0, 0.05) is 6.54 Å². The summed E-state index contributed by atoms with van der Waals surface area (Å²) in [6.45, 7) is 2.26. The van der Waals surface area contributed by atoms with Crippen molar-refractivity contribution in [2.75, 3.05) is 24.7 Å². The van der Waals surface area contributed by atoms with Gasteiger partial charge >= 0.3 is 0 Å². The van der Waals surface area contributed by atoms with Crippen LogP contribution in [-0.2, 0) is 0 Å². The number of ether oxygens (including phenoxy) is 2. The molecule has 2 aliphatic heterocycles. The lowest BCUT2D eigenvalue weighted by molar-refractivity contribution is 0.171. The zero-order chi connectivity index (χ0) is 15.9. The Balaban J connectivity index is 1.55. The van der Waals surface area contributed by atoms with Gasteiger partial charge in [-0.2, -0.15) is 0 Å². The molecule has 6 heteroatoms. The van der Waals surface area contributed by atoms with E-state index >= 15 is 0 Å². The first-order valence-corrected chi connectivity index (χ1v) is 9.12. The minimum absolute atomic E-state index is 0.318. The van der Waals surface area contributed by atoms with Gasteiger partial charge in [-0.1, -0.05) is 6.07 Å². The maximum absolute atomic E-state index is 5.75. The number of benzene rings is 1. The standard InChI is InChI=1S/C18H17N3O2S/c1-2-14(12-3-4-15-16(10-12)23-8-7-22-15)21(6-1)17-13-5-9-24-18(13)20-11-19-17/h3-5,9-11,14H,1-2,6-8H2/t14-/m0/s1. The lowest BCUT2D eigenvalue weighted by Gasteiger charge is -2.27. The van der Waals surface area contributed by atoms with Crippen LogP contribution in [0.5, 0.6) is 11.5 Å². The smallest absolute Gasteiger partial charge is 0.161 e. The van der Waals surface area contributed by atoms with Crippen LogP contribution in [0.25, 0.3) is 10.2 Å². The third kappa shape index (κ3) is 2.21. The average Bonchev–Trinajstić information content (AvgIpc) is 3.30. The quantitative estimate of drug-likeness (QED) is 0.711. The van der Waals surface area contributed by atoms with Gasteiger partial charge < -0.3 is 14.4 Å². The molecular formula is C18H17N3O2S. The highest BCUT2D eigenvalue weighted by atomic mass is 32.1. The summed E-state index contributed by atoms with van der Waals surface area (Å²) >= 11 is 1.66. The van der Waals surface area contributed by atoms with Crippen LogP contribution < -0.4 is 14.4 Å². The molecule has 0 saturated carbocycles. The summed E-state index contributed by atoms with van der Waals surface area (Å²) in [6.07, 6.45) is 3.96. The first kappa shape index (κ1) is 14.0. The van der Waals surface area contributed by atoms with Crippen LogP contribution in [0.3, 0.4) is 0 Å². The molecule has 122 valence electrons. The molecule has 3 aromatic rings. The summed E-state index contributed by atoms with van der Waals surface area (Å²) in [5.41, 5.74) is 1.26. The number of aromatic nitrogens is 2. The Kier molecular flexibility index (Phi) is 3.29. The van der Waals surface area contributed by atoms with Crippen molar-refractivity contribution in [2.45, 2.75) is 18.9 Å². The monoisotopic (exact) mass is 339 g/mol. The molecule has 0 spiro atoms. The van der Waals surface area contributed by atoms with E-state index < -0.39 is 0 Å². The topological polar surface area (TPSA) is 47.5 Å². The van der Waals surface area contributed by atoms with Crippen molar-refractivity contribution in [3.05, 3.63) is 41.5 Å². The van der Waals surface area contributed by atoms with Crippen LogP contribution in [-0.4, -0.2) is 29.7 Å². The molecule has 0 unspecified atom stereocenters. The molecule has 0 aliphatic carbocycles. The van der Waals surface area contributed by atoms with Gasteiger partial charge in [-0.3, -0.25) is 0 Å². The van der Waals surface area contributed by atoms with Gasteiger partial charge in [-0.15, -0.1) is 11.3 Å². The van der Waals surface area contributed by atoms with Gasteiger partial charge in [0.15, 0.2) is 11.5 Å². The zero-order valence-electron chi connectivity index (χ0n) is 13.1.